The zero-order chi connectivity index (χ0) is 15.4. The van der Waals surface area contributed by atoms with Crippen molar-refractivity contribution in [3.05, 3.63) is 52.9 Å². The normalized spacial score (nSPS) is 11.0. The van der Waals surface area contributed by atoms with Crippen LogP contribution in [0, 0.1) is 25.2 Å². The molecule has 0 spiro atoms. The highest BCUT2D eigenvalue weighted by Gasteiger charge is 2.11. The summed E-state index contributed by atoms with van der Waals surface area (Å²) in [5, 5.41) is 15.9. The molecule has 0 saturated heterocycles. The molecule has 21 heavy (non-hydrogen) atoms. The van der Waals surface area contributed by atoms with Crippen LogP contribution in [0.4, 0.5) is 5.69 Å². The van der Waals surface area contributed by atoms with Gasteiger partial charge in [-0.25, -0.2) is 0 Å². The molecule has 5 heteroatoms. The number of nitriles is 1. The molecule has 2 rings (SSSR count). The zero-order valence-corrected chi connectivity index (χ0v) is 12.2. The average molecular weight is 280 g/mol. The van der Waals surface area contributed by atoms with Gasteiger partial charge in [0.2, 0.25) is 0 Å². The van der Waals surface area contributed by atoms with E-state index < -0.39 is 5.91 Å². The number of nitrogens with one attached hydrogen (secondary N) is 1. The topological polar surface area (TPSA) is 70.7 Å². The SMILES string of the molecule is Cc1ccc(NC(=O)/C(C#N)=C/c2cnn(C)c2)c(C)c1. The fourth-order valence-corrected chi connectivity index (χ4v) is 1.97. The van der Waals surface area contributed by atoms with Gasteiger partial charge in [0.1, 0.15) is 11.6 Å². The second kappa shape index (κ2) is 6.06. The van der Waals surface area contributed by atoms with Crippen molar-refractivity contribution in [3.8, 4) is 6.07 Å². The summed E-state index contributed by atoms with van der Waals surface area (Å²) in [5.74, 6) is -0.423. The van der Waals surface area contributed by atoms with Crippen molar-refractivity contribution in [1.29, 1.82) is 5.26 Å². The van der Waals surface area contributed by atoms with Gasteiger partial charge < -0.3 is 5.32 Å². The van der Waals surface area contributed by atoms with Crippen LogP contribution in [-0.4, -0.2) is 15.7 Å². The van der Waals surface area contributed by atoms with Crippen LogP contribution >= 0.6 is 0 Å². The van der Waals surface area contributed by atoms with E-state index in [1.54, 1.807) is 24.1 Å². The summed E-state index contributed by atoms with van der Waals surface area (Å²) < 4.78 is 1.61. The van der Waals surface area contributed by atoms with E-state index in [-0.39, 0.29) is 5.57 Å². The minimum atomic E-state index is -0.423. The monoisotopic (exact) mass is 280 g/mol. The first-order chi connectivity index (χ1) is 9.99. The van der Waals surface area contributed by atoms with Crippen LogP contribution in [-0.2, 0) is 11.8 Å². The Morgan fingerprint density at radius 2 is 2.19 bits per heavy atom. The predicted octanol–water partition coefficient (Wildman–Crippen LogP) is 2.58. The third-order valence-electron chi connectivity index (χ3n) is 3.03. The molecule has 0 fully saturated rings. The fraction of sp³-hybridized carbons (Fsp3) is 0.188. The molecule has 1 amide bonds. The number of carbonyl (C=O) groups excluding carboxylic acids is 1. The summed E-state index contributed by atoms with van der Waals surface area (Å²) in [6, 6.07) is 7.65. The summed E-state index contributed by atoms with van der Waals surface area (Å²) >= 11 is 0. The van der Waals surface area contributed by atoms with Crippen LogP contribution in [0.1, 0.15) is 16.7 Å². The predicted molar refractivity (Wildman–Crippen MR) is 81.3 cm³/mol. The lowest BCUT2D eigenvalue weighted by Crippen LogP contribution is -2.14. The van der Waals surface area contributed by atoms with E-state index in [1.165, 1.54) is 6.08 Å². The van der Waals surface area contributed by atoms with Crippen molar-refractivity contribution in [3.63, 3.8) is 0 Å². The Morgan fingerprint density at radius 1 is 1.43 bits per heavy atom. The van der Waals surface area contributed by atoms with Crippen LogP contribution in [0.5, 0.6) is 0 Å². The number of aromatic nitrogens is 2. The molecule has 5 nitrogen and oxygen atoms in total. The van der Waals surface area contributed by atoms with E-state index >= 15 is 0 Å². The van der Waals surface area contributed by atoms with Crippen molar-refractivity contribution < 1.29 is 4.79 Å². The number of rotatable bonds is 3. The van der Waals surface area contributed by atoms with Crippen molar-refractivity contribution in [2.45, 2.75) is 13.8 Å². The van der Waals surface area contributed by atoms with Crippen LogP contribution in [0.15, 0.2) is 36.2 Å². The number of nitrogens with zero attached hydrogens (tertiary/aromatic N) is 3. The zero-order valence-electron chi connectivity index (χ0n) is 12.2. The Labute approximate surface area is 123 Å². The first-order valence-corrected chi connectivity index (χ1v) is 6.48. The summed E-state index contributed by atoms with van der Waals surface area (Å²) in [7, 11) is 1.78. The van der Waals surface area contributed by atoms with Gasteiger partial charge in [-0.1, -0.05) is 17.7 Å². The highest BCUT2D eigenvalue weighted by Crippen LogP contribution is 2.17. The second-order valence-electron chi connectivity index (χ2n) is 4.89. The Hall–Kier alpha value is -2.87. The quantitative estimate of drug-likeness (QED) is 0.694. The van der Waals surface area contributed by atoms with Gasteiger partial charge in [-0.2, -0.15) is 10.4 Å². The van der Waals surface area contributed by atoms with Gasteiger partial charge in [-0.3, -0.25) is 9.48 Å². The van der Waals surface area contributed by atoms with E-state index in [4.69, 9.17) is 5.26 Å². The number of benzene rings is 1. The lowest BCUT2D eigenvalue weighted by Gasteiger charge is -2.08. The maximum Gasteiger partial charge on any atom is 0.266 e. The van der Waals surface area contributed by atoms with Gasteiger partial charge in [-0.05, 0) is 31.6 Å². The summed E-state index contributed by atoms with van der Waals surface area (Å²) in [4.78, 5) is 12.2. The molecule has 1 aromatic heterocycles. The molecule has 2 aromatic rings. The maximum absolute atomic E-state index is 12.2. The molecule has 1 N–H and O–H groups in total. The van der Waals surface area contributed by atoms with Crippen LogP contribution in [0.2, 0.25) is 0 Å². The standard InChI is InChI=1S/C16H16N4O/c1-11-4-5-15(12(2)6-11)19-16(21)14(8-17)7-13-9-18-20(3)10-13/h4-7,9-10H,1-3H3,(H,19,21)/b14-7+. The number of hydrogen-bond donors (Lipinski definition) is 1. The highest BCUT2D eigenvalue weighted by molar-refractivity contribution is 6.09. The number of carbonyl (C=O) groups is 1. The molecule has 0 radical (unpaired) electrons. The largest absolute Gasteiger partial charge is 0.321 e. The third-order valence-corrected chi connectivity index (χ3v) is 3.03. The molecule has 0 unspecified atom stereocenters. The lowest BCUT2D eigenvalue weighted by molar-refractivity contribution is -0.112. The number of hydrogen-bond acceptors (Lipinski definition) is 3. The molecule has 106 valence electrons. The smallest absolute Gasteiger partial charge is 0.266 e. The Balaban J connectivity index is 2.21. The Kier molecular flexibility index (Phi) is 4.19. The van der Waals surface area contributed by atoms with E-state index in [1.807, 2.05) is 38.1 Å². The van der Waals surface area contributed by atoms with E-state index in [9.17, 15) is 4.79 Å². The first kappa shape index (κ1) is 14.5. The van der Waals surface area contributed by atoms with Gasteiger partial charge in [0.25, 0.3) is 5.91 Å². The van der Waals surface area contributed by atoms with Gasteiger partial charge in [0, 0.05) is 24.5 Å². The Bertz CT molecular complexity index is 750. The fourth-order valence-electron chi connectivity index (χ4n) is 1.97. The molecule has 0 aliphatic heterocycles. The van der Waals surface area contributed by atoms with Crippen molar-refractivity contribution >= 4 is 17.7 Å². The average Bonchev–Trinajstić information content (AvgIpc) is 2.84. The van der Waals surface area contributed by atoms with Gasteiger partial charge >= 0.3 is 0 Å². The molecule has 0 saturated carbocycles. The molecule has 1 heterocycles. The molecular formula is C16H16N4O. The molecule has 0 atom stereocenters. The van der Waals surface area contributed by atoms with Crippen LogP contribution < -0.4 is 5.32 Å². The van der Waals surface area contributed by atoms with Crippen molar-refractivity contribution in [2.75, 3.05) is 5.32 Å². The number of aryl methyl sites for hydroxylation is 3. The Morgan fingerprint density at radius 3 is 2.76 bits per heavy atom. The summed E-state index contributed by atoms with van der Waals surface area (Å²) in [6.07, 6.45) is 4.86. The highest BCUT2D eigenvalue weighted by atomic mass is 16.1. The molecule has 0 aliphatic rings. The summed E-state index contributed by atoms with van der Waals surface area (Å²) in [5.41, 5.74) is 3.55. The van der Waals surface area contributed by atoms with Gasteiger partial charge in [0.05, 0.1) is 6.20 Å². The first-order valence-electron chi connectivity index (χ1n) is 6.48. The minimum absolute atomic E-state index is 0.0444. The molecule has 0 aliphatic carbocycles. The lowest BCUT2D eigenvalue weighted by atomic mass is 10.1. The number of amides is 1. The number of anilines is 1. The van der Waals surface area contributed by atoms with Crippen molar-refractivity contribution in [1.82, 2.24) is 9.78 Å². The molecule has 1 aromatic carbocycles. The van der Waals surface area contributed by atoms with E-state index in [0.29, 0.717) is 11.3 Å². The van der Waals surface area contributed by atoms with E-state index in [2.05, 4.69) is 10.4 Å². The minimum Gasteiger partial charge on any atom is -0.321 e. The molecule has 0 bridgehead atoms. The maximum atomic E-state index is 12.2. The molecular weight excluding hydrogens is 264 g/mol. The second-order valence-corrected chi connectivity index (χ2v) is 4.89. The van der Waals surface area contributed by atoms with Gasteiger partial charge in [0.15, 0.2) is 0 Å². The summed E-state index contributed by atoms with van der Waals surface area (Å²) in [6.45, 7) is 3.90. The third kappa shape index (κ3) is 3.57. The van der Waals surface area contributed by atoms with Crippen molar-refractivity contribution in [2.24, 2.45) is 7.05 Å². The van der Waals surface area contributed by atoms with Crippen LogP contribution in [0.3, 0.4) is 0 Å². The van der Waals surface area contributed by atoms with Gasteiger partial charge in [-0.15, -0.1) is 0 Å². The van der Waals surface area contributed by atoms with E-state index in [0.717, 1.165) is 11.1 Å². The van der Waals surface area contributed by atoms with Crippen LogP contribution in [0.25, 0.3) is 6.08 Å².